The number of nitrogens with zero attached hydrogens (tertiary/aromatic N) is 1. The molecular weight excluding hydrogens is 351 g/mol. The summed E-state index contributed by atoms with van der Waals surface area (Å²) < 4.78 is 26.1. The molecule has 1 heterocycles. The molecule has 23 heavy (non-hydrogen) atoms. The lowest BCUT2D eigenvalue weighted by atomic mass is 10.1. The Hall–Kier alpha value is -1.44. The van der Waals surface area contributed by atoms with Gasteiger partial charge in [-0.2, -0.15) is 0 Å². The lowest BCUT2D eigenvalue weighted by molar-refractivity contribution is -0.127. The van der Waals surface area contributed by atoms with E-state index in [4.69, 9.17) is 28.9 Å². The van der Waals surface area contributed by atoms with Gasteiger partial charge in [-0.15, -0.1) is 0 Å². The van der Waals surface area contributed by atoms with Gasteiger partial charge >= 0.3 is 0 Å². The van der Waals surface area contributed by atoms with E-state index in [1.54, 1.807) is 12.1 Å². The van der Waals surface area contributed by atoms with Gasteiger partial charge in [0.05, 0.1) is 19.0 Å². The van der Waals surface area contributed by atoms with E-state index in [0.717, 1.165) is 0 Å². The molecule has 126 valence electrons. The molecule has 1 atom stereocenters. The van der Waals surface area contributed by atoms with Gasteiger partial charge in [0.25, 0.3) is 5.92 Å². The average molecular weight is 366 g/mol. The Balaban J connectivity index is 2.03. The average Bonchev–Trinajstić information content (AvgIpc) is 2.86. The number of alkyl halides is 2. The molecule has 0 bridgehead atoms. The van der Waals surface area contributed by atoms with Crippen LogP contribution in [0.2, 0.25) is 10.0 Å². The van der Waals surface area contributed by atoms with E-state index < -0.39 is 30.8 Å². The Kier molecular flexibility index (Phi) is 5.44. The molecule has 0 radical (unpaired) electrons. The van der Waals surface area contributed by atoms with Crippen molar-refractivity contribution in [2.45, 2.75) is 12.3 Å². The first-order chi connectivity index (χ1) is 10.7. The van der Waals surface area contributed by atoms with Crippen LogP contribution in [-0.2, 0) is 9.59 Å². The number of anilines is 1. The molecule has 2 amide bonds. The van der Waals surface area contributed by atoms with E-state index in [1.807, 2.05) is 0 Å². The topological polar surface area (TPSA) is 75.4 Å². The molecule has 1 aromatic rings. The van der Waals surface area contributed by atoms with Gasteiger partial charge < -0.3 is 16.0 Å². The molecule has 9 heteroatoms. The fourth-order valence-corrected chi connectivity index (χ4v) is 2.78. The highest BCUT2D eigenvalue weighted by molar-refractivity contribution is 6.35. The van der Waals surface area contributed by atoms with Crippen LogP contribution in [0.15, 0.2) is 18.2 Å². The maximum absolute atomic E-state index is 13.1. The Morgan fingerprint density at radius 2 is 1.96 bits per heavy atom. The predicted octanol–water partition coefficient (Wildman–Crippen LogP) is 2.06. The molecule has 0 aliphatic carbocycles. The lowest BCUT2D eigenvalue weighted by Gasteiger charge is -2.18. The molecule has 5 nitrogen and oxygen atoms in total. The summed E-state index contributed by atoms with van der Waals surface area (Å²) in [4.78, 5) is 25.4. The minimum absolute atomic E-state index is 0.0653. The maximum Gasteiger partial charge on any atom is 0.277 e. The number of carbonyl (C=O) groups excluding carboxylic acids is 2. The highest BCUT2D eigenvalue weighted by Crippen LogP contribution is 2.30. The van der Waals surface area contributed by atoms with Crippen LogP contribution in [0.1, 0.15) is 6.42 Å². The number of hydrogen-bond donors (Lipinski definition) is 2. The van der Waals surface area contributed by atoms with Crippen LogP contribution in [-0.4, -0.2) is 37.4 Å². The fourth-order valence-electron chi connectivity index (χ4n) is 2.26. The summed E-state index contributed by atoms with van der Waals surface area (Å²) in [7, 11) is 0. The van der Waals surface area contributed by atoms with Crippen LogP contribution >= 0.6 is 23.2 Å². The number of nitrogens with two attached hydrogens (primary N) is 1. The first kappa shape index (κ1) is 17.9. The highest BCUT2D eigenvalue weighted by Gasteiger charge is 2.36. The van der Waals surface area contributed by atoms with E-state index in [2.05, 4.69) is 5.32 Å². The molecule has 1 aromatic carbocycles. The van der Waals surface area contributed by atoms with Gasteiger partial charge in [-0.25, -0.2) is 8.78 Å². The fraction of sp³-hybridized carbons (Fsp3) is 0.429. The number of rotatable bonds is 5. The standard InChI is InChI=1S/C14H15Cl2F2N3O2/c15-9-2-10(16)4-11(3-9)21-5-8(1-12(21)22)13(23)20-7-14(17,18)6-19/h2-4,8H,1,5-7,19H2,(H,20,23). The van der Waals surface area contributed by atoms with Crippen molar-refractivity contribution in [2.75, 3.05) is 24.5 Å². The minimum Gasteiger partial charge on any atom is -0.350 e. The van der Waals surface area contributed by atoms with Crippen LogP contribution in [0.5, 0.6) is 0 Å². The molecule has 1 unspecified atom stereocenters. The zero-order chi connectivity index (χ0) is 17.2. The molecule has 0 saturated carbocycles. The maximum atomic E-state index is 13.1. The highest BCUT2D eigenvalue weighted by atomic mass is 35.5. The molecule has 0 spiro atoms. The summed E-state index contributed by atoms with van der Waals surface area (Å²) in [6.07, 6.45) is -0.0653. The third-order valence-corrected chi connectivity index (χ3v) is 3.91. The number of carbonyl (C=O) groups is 2. The molecule has 0 aromatic heterocycles. The second kappa shape index (κ2) is 6.98. The van der Waals surface area contributed by atoms with E-state index in [0.29, 0.717) is 15.7 Å². The molecule has 1 aliphatic rings. The largest absolute Gasteiger partial charge is 0.350 e. The van der Waals surface area contributed by atoms with Crippen molar-refractivity contribution in [3.8, 4) is 0 Å². The van der Waals surface area contributed by atoms with Crippen molar-refractivity contribution < 1.29 is 18.4 Å². The van der Waals surface area contributed by atoms with E-state index in [1.165, 1.54) is 11.0 Å². The van der Waals surface area contributed by atoms with Gasteiger partial charge in [-0.3, -0.25) is 9.59 Å². The van der Waals surface area contributed by atoms with Crippen molar-refractivity contribution >= 4 is 40.7 Å². The van der Waals surface area contributed by atoms with Gasteiger partial charge in [0.15, 0.2) is 0 Å². The molecule has 1 aliphatic heterocycles. The summed E-state index contributed by atoms with van der Waals surface area (Å²) in [5.41, 5.74) is 5.37. The van der Waals surface area contributed by atoms with E-state index in [9.17, 15) is 18.4 Å². The minimum atomic E-state index is -3.17. The first-order valence-electron chi connectivity index (χ1n) is 6.84. The first-order valence-corrected chi connectivity index (χ1v) is 7.59. The quantitative estimate of drug-likeness (QED) is 0.838. The zero-order valence-corrected chi connectivity index (χ0v) is 13.5. The summed E-state index contributed by atoms with van der Waals surface area (Å²) in [5, 5.41) is 2.85. The lowest BCUT2D eigenvalue weighted by Crippen LogP contribution is -2.44. The number of benzene rings is 1. The summed E-state index contributed by atoms with van der Waals surface area (Å²) in [5.74, 6) is -4.79. The van der Waals surface area contributed by atoms with Crippen LogP contribution < -0.4 is 16.0 Å². The van der Waals surface area contributed by atoms with Gasteiger partial charge in [-0.1, -0.05) is 23.2 Å². The van der Waals surface area contributed by atoms with Crippen molar-refractivity contribution in [2.24, 2.45) is 11.7 Å². The Labute approximate surface area is 141 Å². The van der Waals surface area contributed by atoms with Crippen LogP contribution in [0.4, 0.5) is 14.5 Å². The SMILES string of the molecule is NCC(F)(F)CNC(=O)C1CC(=O)N(c2cc(Cl)cc(Cl)c2)C1. The second-order valence-electron chi connectivity index (χ2n) is 5.31. The van der Waals surface area contributed by atoms with Gasteiger partial charge in [0.2, 0.25) is 11.8 Å². The Morgan fingerprint density at radius 3 is 2.52 bits per heavy atom. The third-order valence-electron chi connectivity index (χ3n) is 3.47. The third kappa shape index (κ3) is 4.53. The van der Waals surface area contributed by atoms with Gasteiger partial charge in [0, 0.05) is 28.7 Å². The number of nitrogens with one attached hydrogen (secondary N) is 1. The second-order valence-corrected chi connectivity index (χ2v) is 6.18. The van der Waals surface area contributed by atoms with Crippen molar-refractivity contribution in [3.63, 3.8) is 0 Å². The summed E-state index contributed by atoms with van der Waals surface area (Å²) in [6.45, 7) is -1.63. The zero-order valence-electron chi connectivity index (χ0n) is 12.0. The summed E-state index contributed by atoms with van der Waals surface area (Å²) >= 11 is 11.8. The molecule has 2 rings (SSSR count). The monoisotopic (exact) mass is 365 g/mol. The van der Waals surface area contributed by atoms with E-state index in [-0.39, 0.29) is 18.9 Å². The smallest absolute Gasteiger partial charge is 0.277 e. The predicted molar refractivity (Wildman–Crippen MR) is 83.9 cm³/mol. The summed E-state index contributed by atoms with van der Waals surface area (Å²) in [6, 6.07) is 4.62. The van der Waals surface area contributed by atoms with Gasteiger partial charge in [0.1, 0.15) is 0 Å². The molecule has 3 N–H and O–H groups in total. The van der Waals surface area contributed by atoms with Crippen LogP contribution in [0, 0.1) is 5.92 Å². The van der Waals surface area contributed by atoms with Crippen molar-refractivity contribution in [1.82, 2.24) is 5.32 Å². The molecular formula is C14H15Cl2F2N3O2. The van der Waals surface area contributed by atoms with Gasteiger partial charge in [-0.05, 0) is 18.2 Å². The number of hydrogen-bond acceptors (Lipinski definition) is 3. The Bertz CT molecular complexity index is 608. The number of halogens is 4. The van der Waals surface area contributed by atoms with Crippen molar-refractivity contribution in [3.05, 3.63) is 28.2 Å². The Morgan fingerprint density at radius 1 is 1.35 bits per heavy atom. The normalized spacial score (nSPS) is 18.4. The number of amides is 2. The van der Waals surface area contributed by atoms with Crippen LogP contribution in [0.25, 0.3) is 0 Å². The molecule has 1 saturated heterocycles. The van der Waals surface area contributed by atoms with Crippen molar-refractivity contribution in [1.29, 1.82) is 0 Å². The van der Waals surface area contributed by atoms with Crippen LogP contribution in [0.3, 0.4) is 0 Å². The van der Waals surface area contributed by atoms with E-state index >= 15 is 0 Å². The molecule has 1 fully saturated rings.